The minimum absolute atomic E-state index is 0.00520. The van der Waals surface area contributed by atoms with Gasteiger partial charge in [0.25, 0.3) is 0 Å². The standard InChI is InChI=1S/C24H27N3O2S/c1-16-15-30-23(25-16)17(2)26-21(28)9-11-24(12-10-22(29)27-24)14-18-7-8-19-5-3-4-6-20(19)13-18/h3-8,13,15,17H,9-12,14H2,1-2H3,(H,26,28)(H,27,29)/t17?,24-/m1/s1. The van der Waals surface area contributed by atoms with Crippen LogP contribution in [0.3, 0.4) is 0 Å². The Kier molecular flexibility index (Phi) is 5.86. The van der Waals surface area contributed by atoms with Crippen molar-refractivity contribution in [1.29, 1.82) is 0 Å². The molecule has 0 aliphatic carbocycles. The van der Waals surface area contributed by atoms with Gasteiger partial charge in [0.15, 0.2) is 0 Å². The lowest BCUT2D eigenvalue weighted by molar-refractivity contribution is -0.123. The number of carbonyl (C=O) groups is 2. The summed E-state index contributed by atoms with van der Waals surface area (Å²) in [6.45, 7) is 3.91. The molecule has 0 spiro atoms. The summed E-state index contributed by atoms with van der Waals surface area (Å²) in [4.78, 5) is 29.1. The maximum absolute atomic E-state index is 12.6. The Morgan fingerprint density at radius 2 is 2.07 bits per heavy atom. The van der Waals surface area contributed by atoms with Gasteiger partial charge in [-0.3, -0.25) is 9.59 Å². The van der Waals surface area contributed by atoms with Crippen LogP contribution in [-0.2, 0) is 16.0 Å². The quantitative estimate of drug-likeness (QED) is 0.592. The van der Waals surface area contributed by atoms with Gasteiger partial charge in [-0.15, -0.1) is 11.3 Å². The molecule has 2 amide bonds. The predicted octanol–water partition coefficient (Wildman–Crippen LogP) is 4.45. The second-order valence-corrected chi connectivity index (χ2v) is 9.19. The van der Waals surface area contributed by atoms with Crippen LogP contribution in [0, 0.1) is 6.92 Å². The molecule has 1 aliphatic heterocycles. The molecule has 2 aromatic carbocycles. The van der Waals surface area contributed by atoms with E-state index in [4.69, 9.17) is 0 Å². The average molecular weight is 422 g/mol. The number of hydrogen-bond acceptors (Lipinski definition) is 4. The molecule has 2 atom stereocenters. The van der Waals surface area contributed by atoms with E-state index in [2.05, 4.69) is 45.9 Å². The van der Waals surface area contributed by atoms with Crippen molar-refractivity contribution in [2.75, 3.05) is 0 Å². The molecule has 156 valence electrons. The third-order valence-corrected chi connectivity index (χ3v) is 6.95. The molecule has 0 radical (unpaired) electrons. The van der Waals surface area contributed by atoms with Crippen molar-refractivity contribution in [2.45, 2.75) is 57.5 Å². The first-order chi connectivity index (χ1) is 14.4. The van der Waals surface area contributed by atoms with Gasteiger partial charge in [-0.1, -0.05) is 42.5 Å². The Morgan fingerprint density at radius 1 is 1.27 bits per heavy atom. The zero-order chi connectivity index (χ0) is 21.1. The van der Waals surface area contributed by atoms with Crippen molar-refractivity contribution in [2.24, 2.45) is 0 Å². The monoisotopic (exact) mass is 421 g/mol. The maximum atomic E-state index is 12.6. The number of aryl methyl sites for hydroxylation is 1. The number of aromatic nitrogens is 1. The van der Waals surface area contributed by atoms with E-state index in [0.717, 1.165) is 23.5 Å². The van der Waals surface area contributed by atoms with E-state index in [0.29, 0.717) is 19.3 Å². The van der Waals surface area contributed by atoms with Gasteiger partial charge in [-0.25, -0.2) is 4.98 Å². The van der Waals surface area contributed by atoms with Crippen molar-refractivity contribution in [3.8, 4) is 0 Å². The Bertz CT molecular complexity index is 1080. The van der Waals surface area contributed by atoms with E-state index in [1.54, 1.807) is 11.3 Å². The fraction of sp³-hybridized carbons (Fsp3) is 0.375. The minimum atomic E-state index is -0.363. The number of rotatable bonds is 7. The molecule has 0 bridgehead atoms. The van der Waals surface area contributed by atoms with Crippen LogP contribution in [0.5, 0.6) is 0 Å². The molecule has 6 heteroatoms. The summed E-state index contributed by atoms with van der Waals surface area (Å²) >= 11 is 1.56. The van der Waals surface area contributed by atoms with E-state index in [1.165, 1.54) is 16.3 Å². The summed E-state index contributed by atoms with van der Waals surface area (Å²) < 4.78 is 0. The molecule has 1 saturated heterocycles. The summed E-state index contributed by atoms with van der Waals surface area (Å²) in [5, 5.41) is 11.5. The van der Waals surface area contributed by atoms with Crippen molar-refractivity contribution in [1.82, 2.24) is 15.6 Å². The molecule has 0 saturated carbocycles. The van der Waals surface area contributed by atoms with E-state index < -0.39 is 0 Å². The van der Waals surface area contributed by atoms with Gasteiger partial charge in [-0.2, -0.15) is 0 Å². The average Bonchev–Trinajstić information content (AvgIpc) is 3.32. The Morgan fingerprint density at radius 3 is 2.77 bits per heavy atom. The van der Waals surface area contributed by atoms with Gasteiger partial charge >= 0.3 is 0 Å². The second kappa shape index (κ2) is 8.56. The number of carbonyl (C=O) groups excluding carboxylic acids is 2. The van der Waals surface area contributed by atoms with Crippen molar-refractivity contribution < 1.29 is 9.59 Å². The van der Waals surface area contributed by atoms with Crippen LogP contribution in [0.4, 0.5) is 0 Å². The molecule has 2 heterocycles. The number of fused-ring (bicyclic) bond motifs is 1. The topological polar surface area (TPSA) is 71.1 Å². The molecule has 1 aliphatic rings. The molecule has 1 fully saturated rings. The van der Waals surface area contributed by atoms with Crippen molar-refractivity contribution in [3.63, 3.8) is 0 Å². The number of hydrogen-bond donors (Lipinski definition) is 2. The van der Waals surface area contributed by atoms with Crippen LogP contribution in [0.15, 0.2) is 47.8 Å². The maximum Gasteiger partial charge on any atom is 0.220 e. The molecular formula is C24H27N3O2S. The van der Waals surface area contributed by atoms with Gasteiger partial charge in [-0.05, 0) is 49.4 Å². The fourth-order valence-electron chi connectivity index (χ4n) is 4.22. The fourth-order valence-corrected chi connectivity index (χ4v) is 5.02. The van der Waals surface area contributed by atoms with Gasteiger partial charge in [0.1, 0.15) is 5.01 Å². The molecular weight excluding hydrogens is 394 g/mol. The molecule has 4 rings (SSSR count). The first-order valence-corrected chi connectivity index (χ1v) is 11.3. The first-order valence-electron chi connectivity index (χ1n) is 10.4. The normalized spacial score (nSPS) is 19.6. The minimum Gasteiger partial charge on any atom is -0.350 e. The van der Waals surface area contributed by atoms with Gasteiger partial charge in [0.2, 0.25) is 11.8 Å². The van der Waals surface area contributed by atoms with Gasteiger partial charge in [0.05, 0.1) is 6.04 Å². The lowest BCUT2D eigenvalue weighted by Gasteiger charge is -2.29. The first kappa shape index (κ1) is 20.5. The highest BCUT2D eigenvalue weighted by Gasteiger charge is 2.38. The smallest absolute Gasteiger partial charge is 0.220 e. The number of thiazole rings is 1. The number of benzene rings is 2. The van der Waals surface area contributed by atoms with Crippen LogP contribution in [0.25, 0.3) is 10.8 Å². The third-order valence-electron chi connectivity index (χ3n) is 5.81. The summed E-state index contributed by atoms with van der Waals surface area (Å²) in [5.74, 6) is 0.0669. The van der Waals surface area contributed by atoms with Gasteiger partial charge < -0.3 is 10.6 Å². The molecule has 5 nitrogen and oxygen atoms in total. The van der Waals surface area contributed by atoms with Crippen LogP contribution in [-0.4, -0.2) is 22.3 Å². The van der Waals surface area contributed by atoms with Crippen LogP contribution >= 0.6 is 11.3 Å². The van der Waals surface area contributed by atoms with E-state index >= 15 is 0 Å². The van der Waals surface area contributed by atoms with Crippen molar-refractivity contribution >= 4 is 33.9 Å². The zero-order valence-corrected chi connectivity index (χ0v) is 18.2. The van der Waals surface area contributed by atoms with E-state index in [-0.39, 0.29) is 23.4 Å². The Labute approximate surface area is 180 Å². The lowest BCUT2D eigenvalue weighted by Crippen LogP contribution is -2.44. The second-order valence-electron chi connectivity index (χ2n) is 8.30. The number of nitrogens with zero attached hydrogens (tertiary/aromatic N) is 1. The van der Waals surface area contributed by atoms with Crippen LogP contribution in [0.2, 0.25) is 0 Å². The lowest BCUT2D eigenvalue weighted by atomic mass is 9.84. The predicted molar refractivity (Wildman–Crippen MR) is 120 cm³/mol. The Balaban J connectivity index is 1.42. The molecule has 1 aromatic heterocycles. The summed E-state index contributed by atoms with van der Waals surface area (Å²) in [7, 11) is 0. The van der Waals surface area contributed by atoms with Crippen molar-refractivity contribution in [3.05, 3.63) is 64.1 Å². The van der Waals surface area contributed by atoms with Crippen LogP contribution in [0.1, 0.15) is 54.9 Å². The summed E-state index contributed by atoms with van der Waals surface area (Å²) in [5.41, 5.74) is 1.79. The third kappa shape index (κ3) is 4.70. The zero-order valence-electron chi connectivity index (χ0n) is 17.4. The molecule has 3 aromatic rings. The van der Waals surface area contributed by atoms with E-state index in [9.17, 15) is 9.59 Å². The molecule has 2 N–H and O–H groups in total. The highest BCUT2D eigenvalue weighted by molar-refractivity contribution is 7.09. The molecule has 1 unspecified atom stereocenters. The molecule has 30 heavy (non-hydrogen) atoms. The van der Waals surface area contributed by atoms with Crippen LogP contribution < -0.4 is 10.6 Å². The highest BCUT2D eigenvalue weighted by atomic mass is 32.1. The van der Waals surface area contributed by atoms with E-state index in [1.807, 2.05) is 31.4 Å². The summed E-state index contributed by atoms with van der Waals surface area (Å²) in [6, 6.07) is 14.6. The number of nitrogens with one attached hydrogen (secondary N) is 2. The largest absolute Gasteiger partial charge is 0.350 e. The highest BCUT2D eigenvalue weighted by Crippen LogP contribution is 2.31. The van der Waals surface area contributed by atoms with Gasteiger partial charge in [0, 0.05) is 29.5 Å². The Hall–Kier alpha value is -2.73. The number of amides is 2. The SMILES string of the molecule is Cc1csc(C(C)NC(=O)CC[C@]2(Cc3ccc4ccccc4c3)CCC(=O)N2)n1. The summed E-state index contributed by atoms with van der Waals surface area (Å²) in [6.07, 6.45) is 3.01.